The molecule has 1 rings (SSSR count). The van der Waals surface area contributed by atoms with Crippen LogP contribution in [0, 0.1) is 10.5 Å². The number of carbonyl (C=O) groups is 1. The van der Waals surface area contributed by atoms with Crippen LogP contribution >= 0.6 is 34.2 Å². The van der Waals surface area contributed by atoms with Crippen molar-refractivity contribution in [2.24, 2.45) is 0 Å². The first-order valence-corrected chi connectivity index (χ1v) is 5.73. The normalized spacial score (nSPS) is 12.3. The first kappa shape index (κ1) is 11.8. The molecule has 2 nitrogen and oxygen atoms in total. The molecule has 0 spiro atoms. The molecule has 0 radical (unpaired) electrons. The smallest absolute Gasteiger partial charge is 0.242 e. The van der Waals surface area contributed by atoms with Crippen LogP contribution < -0.4 is 5.32 Å². The average Bonchev–Trinajstić information content (AvgIpc) is 2.11. The fourth-order valence-electron chi connectivity index (χ4n) is 0.912. The van der Waals surface area contributed by atoms with Crippen LogP contribution in [0.1, 0.15) is 12.5 Å². The highest BCUT2D eigenvalue weighted by molar-refractivity contribution is 14.1. The van der Waals surface area contributed by atoms with Gasteiger partial charge in [-0.05, 0) is 54.1 Å². The van der Waals surface area contributed by atoms with Gasteiger partial charge >= 0.3 is 0 Å². The number of hydrogen-bond acceptors (Lipinski definition) is 1. The van der Waals surface area contributed by atoms with E-state index < -0.39 is 5.38 Å². The SMILES string of the molecule is Cc1ccc(NC(=O)[C@@H](C)Cl)cc1I. The summed E-state index contributed by atoms with van der Waals surface area (Å²) in [6, 6.07) is 5.76. The largest absolute Gasteiger partial charge is 0.325 e. The van der Waals surface area contributed by atoms with Gasteiger partial charge in [0.2, 0.25) is 5.91 Å². The van der Waals surface area contributed by atoms with E-state index in [9.17, 15) is 4.79 Å². The van der Waals surface area contributed by atoms with E-state index in [0.29, 0.717) is 0 Å². The third-order valence-electron chi connectivity index (χ3n) is 1.80. The van der Waals surface area contributed by atoms with Gasteiger partial charge in [0.05, 0.1) is 0 Å². The molecule has 4 heteroatoms. The number of aryl methyl sites for hydroxylation is 1. The highest BCUT2D eigenvalue weighted by Gasteiger charge is 2.09. The molecule has 14 heavy (non-hydrogen) atoms. The molecular formula is C10H11ClINO. The summed E-state index contributed by atoms with van der Waals surface area (Å²) in [6.45, 7) is 3.67. The van der Waals surface area contributed by atoms with E-state index in [4.69, 9.17) is 11.6 Å². The van der Waals surface area contributed by atoms with Gasteiger partial charge in [-0.25, -0.2) is 0 Å². The van der Waals surface area contributed by atoms with Crippen molar-refractivity contribution < 1.29 is 4.79 Å². The zero-order valence-corrected chi connectivity index (χ0v) is 10.9. The van der Waals surface area contributed by atoms with E-state index in [1.807, 2.05) is 25.1 Å². The zero-order chi connectivity index (χ0) is 10.7. The summed E-state index contributed by atoms with van der Waals surface area (Å²) in [5.74, 6) is -0.175. The fraction of sp³-hybridized carbons (Fsp3) is 0.300. The summed E-state index contributed by atoms with van der Waals surface area (Å²) >= 11 is 7.87. The minimum absolute atomic E-state index is 0.175. The number of anilines is 1. The van der Waals surface area contributed by atoms with Gasteiger partial charge < -0.3 is 5.32 Å². The highest BCUT2D eigenvalue weighted by atomic mass is 127. The van der Waals surface area contributed by atoms with E-state index in [1.165, 1.54) is 5.56 Å². The molecule has 0 heterocycles. The van der Waals surface area contributed by atoms with Crippen molar-refractivity contribution in [3.8, 4) is 0 Å². The number of alkyl halides is 1. The Morgan fingerprint density at radius 1 is 1.57 bits per heavy atom. The van der Waals surface area contributed by atoms with Gasteiger partial charge in [0.15, 0.2) is 0 Å². The third-order valence-corrected chi connectivity index (χ3v) is 3.16. The molecule has 0 fully saturated rings. The number of rotatable bonds is 2. The fourth-order valence-corrected chi connectivity index (χ4v) is 1.48. The molecule has 0 aromatic heterocycles. The Morgan fingerprint density at radius 3 is 2.71 bits per heavy atom. The number of hydrogen-bond donors (Lipinski definition) is 1. The van der Waals surface area contributed by atoms with Crippen LogP contribution in [0.25, 0.3) is 0 Å². The lowest BCUT2D eigenvalue weighted by Gasteiger charge is -2.07. The van der Waals surface area contributed by atoms with E-state index in [-0.39, 0.29) is 5.91 Å². The molecule has 1 amide bonds. The molecule has 0 aliphatic carbocycles. The number of carbonyl (C=O) groups excluding carboxylic acids is 1. The molecule has 76 valence electrons. The van der Waals surface area contributed by atoms with Crippen molar-refractivity contribution in [3.05, 3.63) is 27.3 Å². The Bertz CT molecular complexity index is 352. The minimum Gasteiger partial charge on any atom is -0.325 e. The van der Waals surface area contributed by atoms with Crippen LogP contribution in [0.15, 0.2) is 18.2 Å². The third kappa shape index (κ3) is 3.13. The standard InChI is InChI=1S/C10H11ClINO/c1-6-3-4-8(5-9(6)12)13-10(14)7(2)11/h3-5,7H,1-2H3,(H,13,14)/t7-/m1/s1. The van der Waals surface area contributed by atoms with Gasteiger partial charge in [0.25, 0.3) is 0 Å². The lowest BCUT2D eigenvalue weighted by Crippen LogP contribution is -2.20. The number of halogens is 2. The Morgan fingerprint density at radius 2 is 2.21 bits per heavy atom. The Kier molecular flexibility index (Phi) is 4.19. The summed E-state index contributed by atoms with van der Waals surface area (Å²) in [4.78, 5) is 11.3. The topological polar surface area (TPSA) is 29.1 Å². The van der Waals surface area contributed by atoms with Crippen LogP contribution in [0.2, 0.25) is 0 Å². The summed E-state index contributed by atoms with van der Waals surface area (Å²) in [7, 11) is 0. The van der Waals surface area contributed by atoms with Crippen molar-refractivity contribution in [2.45, 2.75) is 19.2 Å². The second kappa shape index (κ2) is 4.98. The molecule has 0 unspecified atom stereocenters. The lowest BCUT2D eigenvalue weighted by molar-refractivity contribution is -0.115. The van der Waals surface area contributed by atoms with Gasteiger partial charge in [-0.3, -0.25) is 4.79 Å². The quantitative estimate of drug-likeness (QED) is 0.657. The minimum atomic E-state index is -0.506. The van der Waals surface area contributed by atoms with E-state index >= 15 is 0 Å². The Hall–Kier alpha value is -0.290. The van der Waals surface area contributed by atoms with Crippen molar-refractivity contribution in [2.75, 3.05) is 5.32 Å². The summed E-state index contributed by atoms with van der Waals surface area (Å²) in [5, 5.41) is 2.23. The molecule has 1 atom stereocenters. The van der Waals surface area contributed by atoms with Crippen LogP contribution in [0.5, 0.6) is 0 Å². The summed E-state index contributed by atoms with van der Waals surface area (Å²) in [6.07, 6.45) is 0. The Balaban J connectivity index is 2.78. The number of amides is 1. The first-order valence-electron chi connectivity index (χ1n) is 4.22. The predicted molar refractivity (Wildman–Crippen MR) is 67.8 cm³/mol. The lowest BCUT2D eigenvalue weighted by atomic mass is 10.2. The van der Waals surface area contributed by atoms with Gasteiger partial charge in [-0.2, -0.15) is 0 Å². The molecule has 0 saturated heterocycles. The Labute approximate surface area is 102 Å². The first-order chi connectivity index (χ1) is 6.50. The molecule has 0 aliphatic heterocycles. The second-order valence-corrected chi connectivity index (χ2v) is 4.89. The average molecular weight is 324 g/mol. The van der Waals surface area contributed by atoms with Gasteiger partial charge in [0.1, 0.15) is 5.38 Å². The molecule has 0 saturated carbocycles. The molecule has 1 aromatic carbocycles. The molecule has 0 aliphatic rings. The molecule has 1 N–H and O–H groups in total. The number of nitrogens with one attached hydrogen (secondary N) is 1. The zero-order valence-electron chi connectivity index (χ0n) is 7.97. The van der Waals surface area contributed by atoms with Crippen molar-refractivity contribution in [1.29, 1.82) is 0 Å². The van der Waals surface area contributed by atoms with Crippen LogP contribution in [0.4, 0.5) is 5.69 Å². The van der Waals surface area contributed by atoms with E-state index in [1.54, 1.807) is 6.92 Å². The van der Waals surface area contributed by atoms with Crippen molar-refractivity contribution in [1.82, 2.24) is 0 Å². The summed E-state index contributed by atoms with van der Waals surface area (Å²) in [5.41, 5.74) is 1.99. The molecular weight excluding hydrogens is 312 g/mol. The van der Waals surface area contributed by atoms with Crippen molar-refractivity contribution in [3.63, 3.8) is 0 Å². The van der Waals surface area contributed by atoms with Gasteiger partial charge in [-0.1, -0.05) is 6.07 Å². The van der Waals surface area contributed by atoms with E-state index in [0.717, 1.165) is 9.26 Å². The summed E-state index contributed by atoms with van der Waals surface area (Å²) < 4.78 is 1.13. The van der Waals surface area contributed by atoms with Gasteiger partial charge in [-0.15, -0.1) is 11.6 Å². The highest BCUT2D eigenvalue weighted by Crippen LogP contribution is 2.17. The predicted octanol–water partition coefficient (Wildman–Crippen LogP) is 3.17. The van der Waals surface area contributed by atoms with E-state index in [2.05, 4.69) is 27.9 Å². The maximum Gasteiger partial charge on any atom is 0.242 e. The van der Waals surface area contributed by atoms with Crippen LogP contribution in [0.3, 0.4) is 0 Å². The van der Waals surface area contributed by atoms with Crippen LogP contribution in [-0.4, -0.2) is 11.3 Å². The van der Waals surface area contributed by atoms with Crippen molar-refractivity contribution >= 4 is 45.8 Å². The molecule has 1 aromatic rings. The maximum absolute atomic E-state index is 11.3. The molecule has 0 bridgehead atoms. The van der Waals surface area contributed by atoms with Gasteiger partial charge in [0, 0.05) is 9.26 Å². The monoisotopic (exact) mass is 323 g/mol. The maximum atomic E-state index is 11.3. The second-order valence-electron chi connectivity index (χ2n) is 3.07. The number of benzene rings is 1. The van der Waals surface area contributed by atoms with Crippen LogP contribution in [-0.2, 0) is 4.79 Å².